The predicted molar refractivity (Wildman–Crippen MR) is 102 cm³/mol. The molecule has 0 spiro atoms. The lowest BCUT2D eigenvalue weighted by Gasteiger charge is -2.12. The van der Waals surface area contributed by atoms with E-state index in [9.17, 15) is 0 Å². The molecule has 2 aromatic carbocycles. The summed E-state index contributed by atoms with van der Waals surface area (Å²) >= 11 is 0. The molecule has 0 bridgehead atoms. The van der Waals surface area contributed by atoms with E-state index >= 15 is 0 Å². The van der Waals surface area contributed by atoms with Crippen molar-refractivity contribution in [3.05, 3.63) is 65.9 Å². The molecule has 25 heavy (non-hydrogen) atoms. The van der Waals surface area contributed by atoms with E-state index in [1.807, 2.05) is 62.4 Å². The van der Waals surface area contributed by atoms with Crippen LogP contribution < -0.4 is 15.4 Å². The van der Waals surface area contributed by atoms with E-state index in [4.69, 9.17) is 4.74 Å². The van der Waals surface area contributed by atoms with Crippen molar-refractivity contribution in [3.63, 3.8) is 0 Å². The van der Waals surface area contributed by atoms with Gasteiger partial charge in [0.25, 0.3) is 0 Å². The number of ether oxygens (including phenoxy) is 1. The zero-order valence-electron chi connectivity index (χ0n) is 14.7. The Hall–Kier alpha value is -3.08. The Kier molecular flexibility index (Phi) is 5.14. The molecule has 0 saturated heterocycles. The van der Waals surface area contributed by atoms with Crippen molar-refractivity contribution in [2.45, 2.75) is 20.8 Å². The number of aromatic nitrogens is 2. The molecule has 0 saturated carbocycles. The second-order valence-electron chi connectivity index (χ2n) is 5.74. The van der Waals surface area contributed by atoms with Crippen LogP contribution >= 0.6 is 0 Å². The van der Waals surface area contributed by atoms with E-state index in [0.717, 1.165) is 28.6 Å². The lowest BCUT2D eigenvalue weighted by atomic mass is 10.2. The highest BCUT2D eigenvalue weighted by Crippen LogP contribution is 2.22. The fourth-order valence-electron chi connectivity index (χ4n) is 2.47. The van der Waals surface area contributed by atoms with Gasteiger partial charge in [-0.3, -0.25) is 0 Å². The molecule has 5 heteroatoms. The zero-order valence-corrected chi connectivity index (χ0v) is 14.7. The molecule has 1 aromatic heterocycles. The minimum Gasteiger partial charge on any atom is -0.494 e. The molecular formula is C20H22N4O. The van der Waals surface area contributed by atoms with Crippen molar-refractivity contribution >= 4 is 23.1 Å². The molecule has 0 unspecified atom stereocenters. The van der Waals surface area contributed by atoms with Crippen molar-refractivity contribution in [1.29, 1.82) is 0 Å². The van der Waals surface area contributed by atoms with E-state index < -0.39 is 0 Å². The van der Waals surface area contributed by atoms with Gasteiger partial charge in [0.15, 0.2) is 0 Å². The summed E-state index contributed by atoms with van der Waals surface area (Å²) in [5.74, 6) is 2.16. The predicted octanol–water partition coefficient (Wildman–Crippen LogP) is 4.98. The van der Waals surface area contributed by atoms with Crippen LogP contribution in [-0.4, -0.2) is 16.6 Å². The number of anilines is 4. The first-order valence-corrected chi connectivity index (χ1v) is 8.32. The third-order valence-electron chi connectivity index (χ3n) is 3.68. The van der Waals surface area contributed by atoms with Crippen LogP contribution in [0.2, 0.25) is 0 Å². The van der Waals surface area contributed by atoms with Gasteiger partial charge in [0.05, 0.1) is 6.61 Å². The maximum atomic E-state index is 5.46. The van der Waals surface area contributed by atoms with Crippen LogP contribution in [0, 0.1) is 13.8 Å². The largest absolute Gasteiger partial charge is 0.494 e. The molecule has 3 rings (SSSR count). The highest BCUT2D eigenvalue weighted by Gasteiger charge is 2.05. The second kappa shape index (κ2) is 7.66. The number of nitrogens with zero attached hydrogens (tertiary/aromatic N) is 2. The first-order valence-electron chi connectivity index (χ1n) is 8.32. The first kappa shape index (κ1) is 16.8. The minimum absolute atomic E-state index is 0.556. The zero-order chi connectivity index (χ0) is 17.6. The quantitative estimate of drug-likeness (QED) is 0.666. The van der Waals surface area contributed by atoms with E-state index in [2.05, 4.69) is 33.6 Å². The Labute approximate surface area is 148 Å². The van der Waals surface area contributed by atoms with Gasteiger partial charge < -0.3 is 15.4 Å². The topological polar surface area (TPSA) is 59.1 Å². The summed E-state index contributed by atoms with van der Waals surface area (Å²) in [7, 11) is 0. The summed E-state index contributed by atoms with van der Waals surface area (Å²) in [5.41, 5.74) is 4.00. The lowest BCUT2D eigenvalue weighted by Crippen LogP contribution is -2.03. The van der Waals surface area contributed by atoms with Crippen molar-refractivity contribution in [2.24, 2.45) is 0 Å². The Bertz CT molecular complexity index is 847. The third-order valence-corrected chi connectivity index (χ3v) is 3.68. The normalized spacial score (nSPS) is 10.4. The van der Waals surface area contributed by atoms with E-state index in [1.165, 1.54) is 5.56 Å². The number of para-hydroxylation sites is 1. The number of nitrogens with one attached hydrogen (secondary N) is 2. The Morgan fingerprint density at radius 2 is 1.68 bits per heavy atom. The summed E-state index contributed by atoms with van der Waals surface area (Å²) in [6.45, 7) is 6.64. The maximum absolute atomic E-state index is 5.46. The van der Waals surface area contributed by atoms with E-state index in [1.54, 1.807) is 0 Å². The SMILES string of the molecule is CCOc1ccc(Nc2nc(C)cc(Nc3ccccc3C)n2)cc1. The molecule has 0 fully saturated rings. The van der Waals surface area contributed by atoms with Gasteiger partial charge in [0.1, 0.15) is 11.6 Å². The average Bonchev–Trinajstić information content (AvgIpc) is 2.58. The first-order chi connectivity index (χ1) is 12.1. The fourth-order valence-corrected chi connectivity index (χ4v) is 2.47. The van der Waals surface area contributed by atoms with Gasteiger partial charge in [0.2, 0.25) is 5.95 Å². The Morgan fingerprint density at radius 1 is 0.920 bits per heavy atom. The number of hydrogen-bond acceptors (Lipinski definition) is 5. The van der Waals surface area contributed by atoms with Gasteiger partial charge in [-0.15, -0.1) is 0 Å². The molecule has 3 aromatic rings. The molecule has 0 aliphatic heterocycles. The molecule has 0 radical (unpaired) electrons. The van der Waals surface area contributed by atoms with Gasteiger partial charge >= 0.3 is 0 Å². The van der Waals surface area contributed by atoms with Crippen molar-refractivity contribution in [3.8, 4) is 5.75 Å². The van der Waals surface area contributed by atoms with Crippen LogP contribution in [-0.2, 0) is 0 Å². The second-order valence-corrected chi connectivity index (χ2v) is 5.74. The number of aryl methyl sites for hydroxylation is 2. The van der Waals surface area contributed by atoms with Crippen LogP contribution in [0.1, 0.15) is 18.2 Å². The lowest BCUT2D eigenvalue weighted by molar-refractivity contribution is 0.340. The van der Waals surface area contributed by atoms with E-state index in [0.29, 0.717) is 12.6 Å². The molecule has 0 atom stereocenters. The highest BCUT2D eigenvalue weighted by molar-refractivity contribution is 5.62. The molecule has 1 heterocycles. The minimum atomic E-state index is 0.556. The van der Waals surface area contributed by atoms with Crippen molar-refractivity contribution < 1.29 is 4.74 Å². The molecule has 128 valence electrons. The molecule has 0 aliphatic carbocycles. The number of hydrogen-bond donors (Lipinski definition) is 2. The van der Waals surface area contributed by atoms with Crippen molar-refractivity contribution in [1.82, 2.24) is 9.97 Å². The molecule has 0 amide bonds. The van der Waals surface area contributed by atoms with Gasteiger partial charge in [-0.05, 0) is 56.7 Å². The Morgan fingerprint density at radius 3 is 2.40 bits per heavy atom. The molecular weight excluding hydrogens is 312 g/mol. The van der Waals surface area contributed by atoms with Gasteiger partial charge in [-0.25, -0.2) is 4.98 Å². The van der Waals surface area contributed by atoms with Crippen LogP contribution in [0.3, 0.4) is 0 Å². The smallest absolute Gasteiger partial charge is 0.229 e. The summed E-state index contributed by atoms with van der Waals surface area (Å²) in [5, 5.41) is 6.59. The van der Waals surface area contributed by atoms with Crippen LogP contribution in [0.15, 0.2) is 54.6 Å². The summed E-state index contributed by atoms with van der Waals surface area (Å²) in [6, 6.07) is 17.8. The Balaban J connectivity index is 1.78. The average molecular weight is 334 g/mol. The van der Waals surface area contributed by atoms with Gasteiger partial charge in [-0.2, -0.15) is 4.98 Å². The van der Waals surface area contributed by atoms with Crippen LogP contribution in [0.4, 0.5) is 23.1 Å². The number of rotatable bonds is 6. The standard InChI is InChI=1S/C20H22N4O/c1-4-25-17-11-9-16(10-12-17)22-20-21-15(3)13-19(24-20)23-18-8-6-5-7-14(18)2/h5-13H,4H2,1-3H3,(H2,21,22,23,24). The number of benzene rings is 2. The van der Waals surface area contributed by atoms with Crippen LogP contribution in [0.5, 0.6) is 5.75 Å². The summed E-state index contributed by atoms with van der Waals surface area (Å²) in [4.78, 5) is 9.02. The van der Waals surface area contributed by atoms with Gasteiger partial charge in [0, 0.05) is 23.1 Å². The van der Waals surface area contributed by atoms with Crippen LogP contribution in [0.25, 0.3) is 0 Å². The fraction of sp³-hybridized carbons (Fsp3) is 0.200. The van der Waals surface area contributed by atoms with Crippen molar-refractivity contribution in [2.75, 3.05) is 17.2 Å². The highest BCUT2D eigenvalue weighted by atomic mass is 16.5. The molecule has 2 N–H and O–H groups in total. The monoisotopic (exact) mass is 334 g/mol. The molecule has 5 nitrogen and oxygen atoms in total. The summed E-state index contributed by atoms with van der Waals surface area (Å²) < 4.78 is 5.46. The molecule has 0 aliphatic rings. The maximum Gasteiger partial charge on any atom is 0.229 e. The van der Waals surface area contributed by atoms with Gasteiger partial charge in [-0.1, -0.05) is 18.2 Å². The van der Waals surface area contributed by atoms with E-state index in [-0.39, 0.29) is 0 Å². The third kappa shape index (κ3) is 4.47. The summed E-state index contributed by atoms with van der Waals surface area (Å²) in [6.07, 6.45) is 0.